The van der Waals surface area contributed by atoms with Crippen molar-refractivity contribution in [2.75, 3.05) is 6.61 Å². The van der Waals surface area contributed by atoms with Crippen molar-refractivity contribution >= 4 is 5.91 Å². The van der Waals surface area contributed by atoms with Crippen LogP contribution in [0.3, 0.4) is 0 Å². The van der Waals surface area contributed by atoms with Gasteiger partial charge in [0.15, 0.2) is 0 Å². The molecule has 0 bridgehead atoms. The van der Waals surface area contributed by atoms with Gasteiger partial charge in [0.1, 0.15) is 18.3 Å². The van der Waals surface area contributed by atoms with Gasteiger partial charge in [-0.1, -0.05) is 6.08 Å². The molecule has 0 spiro atoms. The standard InChI is InChI=1S/C11H19NO5/c1-3-4-7-9(12-6(2)14)11(16)10(15)8(5-13)17-7/h3,7-11,13,15-16H,1,4-5H2,2H3,(H,12,14)/t7-,8-,9+,10-,11-/m1/s1. The molecule has 1 heterocycles. The lowest BCUT2D eigenvalue weighted by atomic mass is 9.91. The lowest BCUT2D eigenvalue weighted by Gasteiger charge is -2.42. The van der Waals surface area contributed by atoms with Crippen LogP contribution < -0.4 is 5.32 Å². The molecular formula is C11H19NO5. The largest absolute Gasteiger partial charge is 0.394 e. The number of aliphatic hydroxyl groups excluding tert-OH is 3. The SMILES string of the molecule is C=CC[C@H]1O[C@H](CO)[C@@H](O)[C@H](O)[C@H]1NC(C)=O. The van der Waals surface area contributed by atoms with Crippen molar-refractivity contribution < 1.29 is 24.9 Å². The van der Waals surface area contributed by atoms with Gasteiger partial charge >= 0.3 is 0 Å². The van der Waals surface area contributed by atoms with Crippen LogP contribution in [0.15, 0.2) is 12.7 Å². The number of rotatable bonds is 4. The van der Waals surface area contributed by atoms with Gasteiger partial charge in [-0.3, -0.25) is 4.79 Å². The van der Waals surface area contributed by atoms with Crippen molar-refractivity contribution in [2.45, 2.75) is 43.8 Å². The zero-order chi connectivity index (χ0) is 13.0. The molecule has 4 N–H and O–H groups in total. The fraction of sp³-hybridized carbons (Fsp3) is 0.727. The minimum absolute atomic E-state index is 0.318. The Balaban J connectivity index is 2.82. The number of amides is 1. The monoisotopic (exact) mass is 245 g/mol. The first kappa shape index (κ1) is 14.1. The molecule has 1 amide bonds. The summed E-state index contributed by atoms with van der Waals surface area (Å²) in [6.45, 7) is 4.50. The van der Waals surface area contributed by atoms with Crippen molar-refractivity contribution in [1.29, 1.82) is 0 Å². The molecular weight excluding hydrogens is 226 g/mol. The van der Waals surface area contributed by atoms with Crippen LogP contribution >= 0.6 is 0 Å². The van der Waals surface area contributed by atoms with E-state index in [0.717, 1.165) is 0 Å². The fourth-order valence-electron chi connectivity index (χ4n) is 1.97. The van der Waals surface area contributed by atoms with Crippen LogP contribution in [0.5, 0.6) is 0 Å². The molecule has 98 valence electrons. The minimum Gasteiger partial charge on any atom is -0.394 e. The number of carbonyl (C=O) groups is 1. The number of nitrogens with one attached hydrogen (secondary N) is 1. The molecule has 0 aromatic carbocycles. The third kappa shape index (κ3) is 3.26. The number of hydrogen-bond acceptors (Lipinski definition) is 5. The lowest BCUT2D eigenvalue weighted by Crippen LogP contribution is -2.63. The maximum atomic E-state index is 11.0. The van der Waals surface area contributed by atoms with Crippen molar-refractivity contribution in [3.63, 3.8) is 0 Å². The maximum absolute atomic E-state index is 11.0. The second-order valence-corrected chi connectivity index (χ2v) is 4.13. The van der Waals surface area contributed by atoms with E-state index in [2.05, 4.69) is 11.9 Å². The topological polar surface area (TPSA) is 99.0 Å². The van der Waals surface area contributed by atoms with E-state index in [4.69, 9.17) is 9.84 Å². The van der Waals surface area contributed by atoms with E-state index in [0.29, 0.717) is 6.42 Å². The number of carbonyl (C=O) groups excluding carboxylic acids is 1. The molecule has 0 radical (unpaired) electrons. The maximum Gasteiger partial charge on any atom is 0.217 e. The molecule has 0 saturated carbocycles. The number of ether oxygens (including phenoxy) is 1. The van der Waals surface area contributed by atoms with Gasteiger partial charge in [0.2, 0.25) is 5.91 Å². The molecule has 0 aromatic rings. The number of hydrogen-bond donors (Lipinski definition) is 4. The molecule has 5 atom stereocenters. The molecule has 0 aromatic heterocycles. The van der Waals surface area contributed by atoms with E-state index in [1.54, 1.807) is 6.08 Å². The second-order valence-electron chi connectivity index (χ2n) is 4.13. The Morgan fingerprint density at radius 1 is 1.41 bits per heavy atom. The van der Waals surface area contributed by atoms with Gasteiger partial charge < -0.3 is 25.4 Å². The Hall–Kier alpha value is -0.950. The predicted molar refractivity (Wildman–Crippen MR) is 60.2 cm³/mol. The first-order valence-electron chi connectivity index (χ1n) is 5.51. The summed E-state index contributed by atoms with van der Waals surface area (Å²) in [6.07, 6.45) is -1.75. The van der Waals surface area contributed by atoms with Crippen LogP contribution in [0.25, 0.3) is 0 Å². The normalized spacial score (nSPS) is 37.5. The summed E-state index contributed by atoms with van der Waals surface area (Å²) in [7, 11) is 0. The third-order valence-electron chi connectivity index (χ3n) is 2.80. The Morgan fingerprint density at radius 2 is 2.06 bits per heavy atom. The Kier molecular flexibility index (Phi) is 5.07. The quantitative estimate of drug-likeness (QED) is 0.454. The van der Waals surface area contributed by atoms with Crippen molar-refractivity contribution in [1.82, 2.24) is 5.32 Å². The highest BCUT2D eigenvalue weighted by Gasteiger charge is 2.43. The molecule has 0 unspecified atom stereocenters. The van der Waals surface area contributed by atoms with E-state index < -0.39 is 37.1 Å². The van der Waals surface area contributed by atoms with E-state index >= 15 is 0 Å². The summed E-state index contributed by atoms with van der Waals surface area (Å²) in [5.41, 5.74) is 0. The third-order valence-corrected chi connectivity index (χ3v) is 2.80. The van der Waals surface area contributed by atoms with Crippen LogP contribution in [0.4, 0.5) is 0 Å². The molecule has 1 rings (SSSR count). The highest BCUT2D eigenvalue weighted by atomic mass is 16.5. The van der Waals surface area contributed by atoms with Crippen LogP contribution in [0.2, 0.25) is 0 Å². The fourth-order valence-corrected chi connectivity index (χ4v) is 1.97. The molecule has 1 saturated heterocycles. The smallest absolute Gasteiger partial charge is 0.217 e. The summed E-state index contributed by atoms with van der Waals surface area (Å²) in [6, 6.07) is -0.705. The molecule has 6 heteroatoms. The lowest BCUT2D eigenvalue weighted by molar-refractivity contribution is -0.194. The van der Waals surface area contributed by atoms with Crippen LogP contribution in [0, 0.1) is 0 Å². The number of aliphatic hydroxyl groups is 3. The van der Waals surface area contributed by atoms with Gasteiger partial charge in [0, 0.05) is 6.92 Å². The average molecular weight is 245 g/mol. The van der Waals surface area contributed by atoms with Gasteiger partial charge in [0.05, 0.1) is 18.8 Å². The molecule has 0 aliphatic carbocycles. The Bertz CT molecular complexity index is 283. The van der Waals surface area contributed by atoms with Gasteiger partial charge in [-0.15, -0.1) is 6.58 Å². The van der Waals surface area contributed by atoms with Crippen molar-refractivity contribution in [3.8, 4) is 0 Å². The van der Waals surface area contributed by atoms with Crippen LogP contribution in [-0.4, -0.2) is 58.3 Å². The van der Waals surface area contributed by atoms with Gasteiger partial charge in [-0.05, 0) is 6.42 Å². The summed E-state index contributed by atoms with van der Waals surface area (Å²) >= 11 is 0. The first-order valence-corrected chi connectivity index (χ1v) is 5.51. The van der Waals surface area contributed by atoms with Gasteiger partial charge in [-0.2, -0.15) is 0 Å². The zero-order valence-electron chi connectivity index (χ0n) is 9.74. The molecule has 1 fully saturated rings. The minimum atomic E-state index is -1.22. The first-order chi connectivity index (χ1) is 8.01. The van der Waals surface area contributed by atoms with Gasteiger partial charge in [-0.25, -0.2) is 0 Å². The summed E-state index contributed by atoms with van der Waals surface area (Å²) in [5.74, 6) is -0.318. The van der Waals surface area contributed by atoms with Gasteiger partial charge in [0.25, 0.3) is 0 Å². The van der Waals surface area contributed by atoms with Crippen molar-refractivity contribution in [2.24, 2.45) is 0 Å². The average Bonchev–Trinajstić information content (AvgIpc) is 2.28. The van der Waals surface area contributed by atoms with E-state index in [-0.39, 0.29) is 5.91 Å². The Morgan fingerprint density at radius 3 is 2.53 bits per heavy atom. The summed E-state index contributed by atoms with van der Waals surface area (Å²) < 4.78 is 5.43. The molecule has 6 nitrogen and oxygen atoms in total. The molecule has 1 aliphatic rings. The Labute approximate surface area is 99.9 Å². The summed E-state index contributed by atoms with van der Waals surface area (Å²) in [4.78, 5) is 11.0. The zero-order valence-corrected chi connectivity index (χ0v) is 9.74. The van der Waals surface area contributed by atoms with E-state index in [1.165, 1.54) is 6.92 Å². The predicted octanol–water partition coefficient (Wildman–Crippen LogP) is -1.45. The molecule has 1 aliphatic heterocycles. The van der Waals surface area contributed by atoms with Crippen LogP contribution in [0.1, 0.15) is 13.3 Å². The molecule has 17 heavy (non-hydrogen) atoms. The highest BCUT2D eigenvalue weighted by Crippen LogP contribution is 2.23. The van der Waals surface area contributed by atoms with E-state index in [9.17, 15) is 15.0 Å². The van der Waals surface area contributed by atoms with Crippen molar-refractivity contribution in [3.05, 3.63) is 12.7 Å². The van der Waals surface area contributed by atoms with Crippen LogP contribution in [-0.2, 0) is 9.53 Å². The second kappa shape index (κ2) is 6.11. The van der Waals surface area contributed by atoms with E-state index in [1.807, 2.05) is 0 Å². The summed E-state index contributed by atoms with van der Waals surface area (Å²) in [5, 5.41) is 31.2. The highest BCUT2D eigenvalue weighted by molar-refractivity contribution is 5.73.